The van der Waals surface area contributed by atoms with Crippen molar-refractivity contribution < 1.29 is 4.79 Å². The van der Waals surface area contributed by atoms with Crippen molar-refractivity contribution in [1.82, 2.24) is 5.32 Å². The third kappa shape index (κ3) is 5.26. The standard InChI is InChI=1S/C22H28N4O/c1-6-16-7-9-17(10-8-16)18-11-19(21(27)25-22(3,4)5)13-20(12-18)26(14-23)15(2)24/h7-14,23-24H,6H2,1-5H3,(H,25,27). The van der Waals surface area contributed by atoms with Crippen LogP contribution in [0.15, 0.2) is 42.5 Å². The molecule has 0 aliphatic carbocycles. The van der Waals surface area contributed by atoms with E-state index in [9.17, 15) is 4.79 Å². The van der Waals surface area contributed by atoms with E-state index in [1.54, 1.807) is 13.0 Å². The first kappa shape index (κ1) is 20.4. The van der Waals surface area contributed by atoms with Gasteiger partial charge in [0.2, 0.25) is 0 Å². The van der Waals surface area contributed by atoms with E-state index in [-0.39, 0.29) is 17.3 Å². The molecular formula is C22H28N4O. The van der Waals surface area contributed by atoms with Gasteiger partial charge in [0, 0.05) is 16.8 Å². The third-order valence-corrected chi connectivity index (χ3v) is 4.13. The van der Waals surface area contributed by atoms with Crippen LogP contribution in [0.1, 0.15) is 50.5 Å². The van der Waals surface area contributed by atoms with Gasteiger partial charge in [-0.25, -0.2) is 0 Å². The van der Waals surface area contributed by atoms with Gasteiger partial charge in [-0.05, 0) is 69.0 Å². The Labute approximate surface area is 161 Å². The van der Waals surface area contributed by atoms with Crippen molar-refractivity contribution in [1.29, 1.82) is 10.8 Å². The molecule has 0 aromatic heterocycles. The maximum Gasteiger partial charge on any atom is 0.251 e. The molecule has 5 nitrogen and oxygen atoms in total. The van der Waals surface area contributed by atoms with E-state index in [4.69, 9.17) is 10.8 Å². The molecule has 0 saturated carbocycles. The number of carbonyl (C=O) groups excluding carboxylic acids is 1. The van der Waals surface area contributed by atoms with Gasteiger partial charge in [0.25, 0.3) is 5.91 Å². The summed E-state index contributed by atoms with van der Waals surface area (Å²) in [6.45, 7) is 9.53. The summed E-state index contributed by atoms with van der Waals surface area (Å²) in [5.74, 6) is 0.0361. The Kier molecular flexibility index (Phi) is 6.16. The fourth-order valence-electron chi connectivity index (χ4n) is 2.76. The molecule has 0 bridgehead atoms. The molecule has 5 heteroatoms. The van der Waals surface area contributed by atoms with Crippen molar-refractivity contribution in [3.05, 3.63) is 53.6 Å². The number of amidine groups is 1. The molecule has 0 atom stereocenters. The molecule has 3 N–H and O–H groups in total. The number of amides is 1. The Hall–Kier alpha value is -2.95. The number of nitrogens with zero attached hydrogens (tertiary/aromatic N) is 1. The molecule has 0 saturated heterocycles. The molecule has 0 aliphatic heterocycles. The van der Waals surface area contributed by atoms with Gasteiger partial charge in [0.05, 0.1) is 6.34 Å². The topological polar surface area (TPSA) is 80.0 Å². The van der Waals surface area contributed by atoms with Gasteiger partial charge in [0.1, 0.15) is 5.84 Å². The zero-order chi connectivity index (χ0) is 20.2. The van der Waals surface area contributed by atoms with Crippen molar-refractivity contribution in [2.24, 2.45) is 0 Å². The van der Waals surface area contributed by atoms with Gasteiger partial charge in [-0.3, -0.25) is 20.5 Å². The summed E-state index contributed by atoms with van der Waals surface area (Å²) >= 11 is 0. The van der Waals surface area contributed by atoms with Gasteiger partial charge in [-0.1, -0.05) is 31.2 Å². The molecule has 0 radical (unpaired) electrons. The van der Waals surface area contributed by atoms with E-state index >= 15 is 0 Å². The van der Waals surface area contributed by atoms with Crippen LogP contribution in [0.3, 0.4) is 0 Å². The van der Waals surface area contributed by atoms with Crippen LogP contribution in [0.5, 0.6) is 0 Å². The Morgan fingerprint density at radius 1 is 1.11 bits per heavy atom. The molecule has 27 heavy (non-hydrogen) atoms. The van der Waals surface area contributed by atoms with Crippen molar-refractivity contribution in [3.8, 4) is 11.1 Å². The molecule has 0 fully saturated rings. The fourth-order valence-corrected chi connectivity index (χ4v) is 2.76. The van der Waals surface area contributed by atoms with Crippen molar-refractivity contribution >= 4 is 23.8 Å². The van der Waals surface area contributed by atoms with Crippen molar-refractivity contribution in [3.63, 3.8) is 0 Å². The van der Waals surface area contributed by atoms with Crippen LogP contribution in [-0.2, 0) is 6.42 Å². The van der Waals surface area contributed by atoms with E-state index in [2.05, 4.69) is 24.4 Å². The Morgan fingerprint density at radius 2 is 1.74 bits per heavy atom. The largest absolute Gasteiger partial charge is 0.347 e. The van der Waals surface area contributed by atoms with Gasteiger partial charge in [-0.15, -0.1) is 0 Å². The lowest BCUT2D eigenvalue weighted by Crippen LogP contribution is -2.40. The molecule has 2 rings (SSSR count). The lowest BCUT2D eigenvalue weighted by Gasteiger charge is -2.23. The molecule has 0 heterocycles. The van der Waals surface area contributed by atoms with Crippen molar-refractivity contribution in [2.75, 3.05) is 4.90 Å². The monoisotopic (exact) mass is 364 g/mol. The summed E-state index contributed by atoms with van der Waals surface area (Å²) < 4.78 is 0. The lowest BCUT2D eigenvalue weighted by atomic mass is 9.99. The summed E-state index contributed by atoms with van der Waals surface area (Å²) in [4.78, 5) is 14.2. The lowest BCUT2D eigenvalue weighted by molar-refractivity contribution is 0.0919. The van der Waals surface area contributed by atoms with E-state index < -0.39 is 0 Å². The summed E-state index contributed by atoms with van der Waals surface area (Å²) in [6, 6.07) is 13.7. The molecule has 0 unspecified atom stereocenters. The SMILES string of the molecule is CCc1ccc(-c2cc(C(=O)NC(C)(C)C)cc(N(C=N)C(C)=N)c2)cc1. The Morgan fingerprint density at radius 3 is 2.22 bits per heavy atom. The number of aryl methyl sites for hydroxylation is 1. The van der Waals surface area contributed by atoms with Gasteiger partial charge < -0.3 is 5.32 Å². The molecule has 2 aromatic carbocycles. The number of carbonyl (C=O) groups is 1. The van der Waals surface area contributed by atoms with Crippen LogP contribution < -0.4 is 10.2 Å². The maximum atomic E-state index is 12.7. The highest BCUT2D eigenvalue weighted by Gasteiger charge is 2.18. The highest BCUT2D eigenvalue weighted by molar-refractivity contribution is 6.09. The van der Waals surface area contributed by atoms with Gasteiger partial charge >= 0.3 is 0 Å². The molecule has 142 valence electrons. The highest BCUT2D eigenvalue weighted by atomic mass is 16.1. The second-order valence-electron chi connectivity index (χ2n) is 7.61. The molecular weight excluding hydrogens is 336 g/mol. The van der Waals surface area contributed by atoms with E-state index in [1.165, 1.54) is 10.5 Å². The molecule has 1 amide bonds. The number of nitrogens with one attached hydrogen (secondary N) is 3. The van der Waals surface area contributed by atoms with Gasteiger partial charge in [0.15, 0.2) is 0 Å². The number of anilines is 1. The van der Waals surface area contributed by atoms with Crippen LogP contribution in [0.4, 0.5) is 5.69 Å². The Bertz CT molecular complexity index is 848. The molecule has 2 aromatic rings. The second kappa shape index (κ2) is 8.16. The highest BCUT2D eigenvalue weighted by Crippen LogP contribution is 2.28. The summed E-state index contributed by atoms with van der Waals surface area (Å²) in [5.41, 5.74) is 3.89. The minimum Gasteiger partial charge on any atom is -0.347 e. The summed E-state index contributed by atoms with van der Waals surface area (Å²) in [5, 5.41) is 18.5. The van der Waals surface area contributed by atoms with Crippen LogP contribution in [0.25, 0.3) is 11.1 Å². The fraction of sp³-hybridized carbons (Fsp3) is 0.318. The normalized spacial score (nSPS) is 11.0. The smallest absolute Gasteiger partial charge is 0.251 e. The maximum absolute atomic E-state index is 12.7. The zero-order valence-corrected chi connectivity index (χ0v) is 16.7. The zero-order valence-electron chi connectivity index (χ0n) is 16.7. The van der Waals surface area contributed by atoms with Crippen LogP contribution in [0.2, 0.25) is 0 Å². The first-order valence-electron chi connectivity index (χ1n) is 9.06. The van der Waals surface area contributed by atoms with Crippen LogP contribution >= 0.6 is 0 Å². The number of hydrogen-bond donors (Lipinski definition) is 3. The summed E-state index contributed by atoms with van der Waals surface area (Å²) in [7, 11) is 0. The second-order valence-corrected chi connectivity index (χ2v) is 7.61. The van der Waals surface area contributed by atoms with E-state index in [0.29, 0.717) is 11.3 Å². The quantitative estimate of drug-likeness (QED) is 0.523. The number of benzene rings is 2. The van der Waals surface area contributed by atoms with Crippen LogP contribution in [-0.4, -0.2) is 23.6 Å². The third-order valence-electron chi connectivity index (χ3n) is 4.13. The predicted octanol–water partition coefficient (Wildman–Crippen LogP) is 4.85. The van der Waals surface area contributed by atoms with Crippen LogP contribution in [0, 0.1) is 10.8 Å². The minimum absolute atomic E-state index is 0.177. The molecule has 0 aliphatic rings. The first-order valence-corrected chi connectivity index (χ1v) is 9.06. The minimum atomic E-state index is -0.352. The first-order chi connectivity index (χ1) is 12.6. The predicted molar refractivity (Wildman–Crippen MR) is 113 cm³/mol. The van der Waals surface area contributed by atoms with Crippen molar-refractivity contribution in [2.45, 2.75) is 46.6 Å². The average molecular weight is 364 g/mol. The summed E-state index contributed by atoms with van der Waals surface area (Å²) in [6.07, 6.45) is 2.06. The van der Waals surface area contributed by atoms with E-state index in [1.807, 2.05) is 45.0 Å². The Balaban J connectivity index is 2.57. The molecule has 0 spiro atoms. The number of rotatable bonds is 5. The average Bonchev–Trinajstić information content (AvgIpc) is 2.60. The number of hydrogen-bond acceptors (Lipinski definition) is 3. The van der Waals surface area contributed by atoms with Gasteiger partial charge in [-0.2, -0.15) is 0 Å². The van der Waals surface area contributed by atoms with E-state index in [0.717, 1.165) is 23.9 Å².